The molecule has 22 heavy (non-hydrogen) atoms. The third kappa shape index (κ3) is 2.41. The highest BCUT2D eigenvalue weighted by atomic mass is 19.1. The van der Waals surface area contributed by atoms with Crippen LogP contribution in [0.4, 0.5) is 4.39 Å². The van der Waals surface area contributed by atoms with Gasteiger partial charge in [-0.2, -0.15) is 0 Å². The number of fused-ring (bicyclic) bond motifs is 1. The van der Waals surface area contributed by atoms with E-state index in [9.17, 15) is 9.18 Å². The SMILES string of the molecule is COc1ccc(F)cc1C1=CCOc2ccc(C(=O)O)cc21. The van der Waals surface area contributed by atoms with E-state index in [0.29, 0.717) is 34.8 Å². The first-order chi connectivity index (χ1) is 10.6. The molecule has 0 bridgehead atoms. The number of rotatable bonds is 3. The molecule has 0 saturated heterocycles. The molecule has 0 unspecified atom stereocenters. The Morgan fingerprint density at radius 2 is 2.05 bits per heavy atom. The molecular weight excluding hydrogens is 287 g/mol. The third-order valence-corrected chi connectivity index (χ3v) is 3.49. The van der Waals surface area contributed by atoms with E-state index in [2.05, 4.69) is 0 Å². The molecule has 2 aromatic carbocycles. The fourth-order valence-corrected chi connectivity index (χ4v) is 2.47. The number of ether oxygens (including phenoxy) is 2. The van der Waals surface area contributed by atoms with Crippen LogP contribution in [0.3, 0.4) is 0 Å². The smallest absolute Gasteiger partial charge is 0.335 e. The van der Waals surface area contributed by atoms with E-state index < -0.39 is 5.97 Å². The van der Waals surface area contributed by atoms with Gasteiger partial charge in [0, 0.05) is 11.1 Å². The molecule has 3 rings (SSSR count). The zero-order chi connectivity index (χ0) is 15.7. The monoisotopic (exact) mass is 300 g/mol. The van der Waals surface area contributed by atoms with Gasteiger partial charge in [0.2, 0.25) is 0 Å². The number of carboxylic acids is 1. The molecule has 0 aromatic heterocycles. The summed E-state index contributed by atoms with van der Waals surface area (Å²) >= 11 is 0. The van der Waals surface area contributed by atoms with Crippen LogP contribution in [0.1, 0.15) is 21.5 Å². The lowest BCUT2D eigenvalue weighted by molar-refractivity contribution is 0.0697. The van der Waals surface area contributed by atoms with Crippen molar-refractivity contribution >= 4 is 11.5 Å². The van der Waals surface area contributed by atoms with Crippen molar-refractivity contribution in [3.8, 4) is 11.5 Å². The third-order valence-electron chi connectivity index (χ3n) is 3.49. The number of carboxylic acid groups (broad SMARTS) is 1. The van der Waals surface area contributed by atoms with Crippen LogP contribution in [0.25, 0.3) is 5.57 Å². The number of aromatic carboxylic acids is 1. The Morgan fingerprint density at radius 3 is 2.77 bits per heavy atom. The Hall–Kier alpha value is -2.82. The normalized spacial score (nSPS) is 12.9. The minimum Gasteiger partial charge on any atom is -0.496 e. The molecule has 0 saturated carbocycles. The van der Waals surface area contributed by atoms with Crippen LogP contribution in [-0.4, -0.2) is 24.8 Å². The largest absolute Gasteiger partial charge is 0.496 e. The quantitative estimate of drug-likeness (QED) is 0.944. The Labute approximate surface area is 126 Å². The Kier molecular flexibility index (Phi) is 3.55. The van der Waals surface area contributed by atoms with Crippen LogP contribution in [-0.2, 0) is 0 Å². The van der Waals surface area contributed by atoms with E-state index in [4.69, 9.17) is 14.6 Å². The zero-order valence-electron chi connectivity index (χ0n) is 11.8. The molecule has 1 aliphatic heterocycles. The van der Waals surface area contributed by atoms with Crippen molar-refractivity contribution in [3.63, 3.8) is 0 Å². The molecule has 0 amide bonds. The molecule has 1 N–H and O–H groups in total. The molecule has 4 nitrogen and oxygen atoms in total. The van der Waals surface area contributed by atoms with Gasteiger partial charge in [-0.25, -0.2) is 9.18 Å². The van der Waals surface area contributed by atoms with E-state index in [-0.39, 0.29) is 11.4 Å². The van der Waals surface area contributed by atoms with Crippen molar-refractivity contribution < 1.29 is 23.8 Å². The summed E-state index contributed by atoms with van der Waals surface area (Å²) in [6, 6.07) is 8.84. The molecule has 0 fully saturated rings. The van der Waals surface area contributed by atoms with Crippen molar-refractivity contribution in [1.29, 1.82) is 0 Å². The Bertz CT molecular complexity index is 780. The maximum Gasteiger partial charge on any atom is 0.335 e. The van der Waals surface area contributed by atoms with Crippen molar-refractivity contribution in [2.75, 3.05) is 13.7 Å². The second-order valence-corrected chi connectivity index (χ2v) is 4.79. The van der Waals surface area contributed by atoms with Crippen molar-refractivity contribution in [3.05, 3.63) is 65.0 Å². The van der Waals surface area contributed by atoms with Crippen LogP contribution < -0.4 is 9.47 Å². The molecule has 5 heteroatoms. The maximum atomic E-state index is 13.6. The predicted octanol–water partition coefficient (Wildman–Crippen LogP) is 3.36. The minimum atomic E-state index is -1.03. The summed E-state index contributed by atoms with van der Waals surface area (Å²) in [5.74, 6) is -0.340. The summed E-state index contributed by atoms with van der Waals surface area (Å²) in [7, 11) is 1.51. The molecule has 0 radical (unpaired) electrons. The Balaban J connectivity index is 2.18. The van der Waals surface area contributed by atoms with Crippen molar-refractivity contribution in [1.82, 2.24) is 0 Å². The Morgan fingerprint density at radius 1 is 1.23 bits per heavy atom. The fraction of sp³-hybridized carbons (Fsp3) is 0.118. The second kappa shape index (κ2) is 5.52. The van der Waals surface area contributed by atoms with Gasteiger partial charge in [0.05, 0.1) is 12.7 Å². The highest BCUT2D eigenvalue weighted by Crippen LogP contribution is 2.38. The lowest BCUT2D eigenvalue weighted by Crippen LogP contribution is -2.08. The summed E-state index contributed by atoms with van der Waals surface area (Å²) in [5, 5.41) is 9.14. The standard InChI is InChI=1S/C17H13FO4/c1-21-15-5-3-11(18)9-14(15)12-6-7-22-16-4-2-10(17(19)20)8-13(12)16/h2-6,8-9H,7H2,1H3,(H,19,20). The zero-order valence-corrected chi connectivity index (χ0v) is 11.8. The van der Waals surface area contributed by atoms with E-state index in [0.717, 1.165) is 0 Å². The molecule has 1 heterocycles. The number of methoxy groups -OCH3 is 1. The molecule has 112 valence electrons. The van der Waals surface area contributed by atoms with E-state index in [1.165, 1.54) is 31.4 Å². The highest BCUT2D eigenvalue weighted by Gasteiger charge is 2.20. The average Bonchev–Trinajstić information content (AvgIpc) is 2.53. The number of benzene rings is 2. The molecular formula is C17H13FO4. The molecule has 1 aliphatic rings. The number of hydrogen-bond acceptors (Lipinski definition) is 3. The topological polar surface area (TPSA) is 55.8 Å². The molecule has 2 aromatic rings. The van der Waals surface area contributed by atoms with Crippen LogP contribution in [0.15, 0.2) is 42.5 Å². The summed E-state index contributed by atoms with van der Waals surface area (Å²) in [4.78, 5) is 11.2. The van der Waals surface area contributed by atoms with E-state index in [1.807, 2.05) is 0 Å². The van der Waals surface area contributed by atoms with Gasteiger partial charge in [-0.15, -0.1) is 0 Å². The highest BCUT2D eigenvalue weighted by molar-refractivity contribution is 5.92. The van der Waals surface area contributed by atoms with E-state index >= 15 is 0 Å². The van der Waals surface area contributed by atoms with Gasteiger partial charge in [0.1, 0.15) is 23.9 Å². The lowest BCUT2D eigenvalue weighted by atomic mass is 9.93. The van der Waals surface area contributed by atoms with Crippen molar-refractivity contribution in [2.24, 2.45) is 0 Å². The van der Waals surface area contributed by atoms with E-state index in [1.54, 1.807) is 18.2 Å². The van der Waals surface area contributed by atoms with Gasteiger partial charge in [0.25, 0.3) is 0 Å². The summed E-state index contributed by atoms with van der Waals surface area (Å²) in [6.07, 6.45) is 1.78. The van der Waals surface area contributed by atoms with Gasteiger partial charge in [0.15, 0.2) is 0 Å². The van der Waals surface area contributed by atoms with Gasteiger partial charge in [-0.1, -0.05) is 0 Å². The first kappa shape index (κ1) is 14.1. The van der Waals surface area contributed by atoms with Crippen LogP contribution >= 0.6 is 0 Å². The number of halogens is 1. The lowest BCUT2D eigenvalue weighted by Gasteiger charge is -2.21. The first-order valence-corrected chi connectivity index (χ1v) is 6.64. The number of hydrogen-bond donors (Lipinski definition) is 1. The van der Waals surface area contributed by atoms with Gasteiger partial charge < -0.3 is 14.6 Å². The van der Waals surface area contributed by atoms with Crippen LogP contribution in [0.5, 0.6) is 11.5 Å². The minimum absolute atomic E-state index is 0.144. The van der Waals surface area contributed by atoms with Crippen LogP contribution in [0.2, 0.25) is 0 Å². The molecule has 0 atom stereocenters. The van der Waals surface area contributed by atoms with Gasteiger partial charge in [-0.3, -0.25) is 0 Å². The summed E-state index contributed by atoms with van der Waals surface area (Å²) < 4.78 is 24.4. The predicted molar refractivity (Wildman–Crippen MR) is 78.9 cm³/mol. The maximum absolute atomic E-state index is 13.6. The van der Waals surface area contributed by atoms with Crippen LogP contribution in [0, 0.1) is 5.82 Å². The fourth-order valence-electron chi connectivity index (χ4n) is 2.47. The molecule has 0 aliphatic carbocycles. The van der Waals surface area contributed by atoms with Gasteiger partial charge >= 0.3 is 5.97 Å². The second-order valence-electron chi connectivity index (χ2n) is 4.79. The molecule has 0 spiro atoms. The average molecular weight is 300 g/mol. The number of carbonyl (C=O) groups is 1. The van der Waals surface area contributed by atoms with Crippen molar-refractivity contribution in [2.45, 2.75) is 0 Å². The summed E-state index contributed by atoms with van der Waals surface area (Å²) in [6.45, 7) is 0.328. The first-order valence-electron chi connectivity index (χ1n) is 6.64. The summed E-state index contributed by atoms with van der Waals surface area (Å²) in [5.41, 5.74) is 2.01. The van der Waals surface area contributed by atoms with Gasteiger partial charge in [-0.05, 0) is 48.0 Å².